The molecule has 8 heteroatoms. The smallest absolute Gasteiger partial charge is 0.331 e. The van der Waals surface area contributed by atoms with Gasteiger partial charge in [-0.1, -0.05) is 54.6 Å². The second kappa shape index (κ2) is 8.74. The quantitative estimate of drug-likeness (QED) is 0.424. The van der Waals surface area contributed by atoms with Crippen LogP contribution in [0.15, 0.2) is 72.8 Å². The number of ether oxygens (including phenoxy) is 3. The van der Waals surface area contributed by atoms with Gasteiger partial charge in [0, 0.05) is 12.1 Å². The molecule has 0 aliphatic carbocycles. The number of nitrogens with zero attached hydrogens (tertiary/aromatic N) is 1. The van der Waals surface area contributed by atoms with Gasteiger partial charge in [-0.15, -0.1) is 0 Å². The zero-order valence-corrected chi connectivity index (χ0v) is 20.5. The highest BCUT2D eigenvalue weighted by Crippen LogP contribution is 2.54. The summed E-state index contributed by atoms with van der Waals surface area (Å²) < 4.78 is 16.5. The van der Waals surface area contributed by atoms with E-state index < -0.39 is 35.3 Å². The molecule has 3 heterocycles. The minimum atomic E-state index is -1.55. The van der Waals surface area contributed by atoms with Gasteiger partial charge >= 0.3 is 5.97 Å². The maximum atomic E-state index is 14.2. The summed E-state index contributed by atoms with van der Waals surface area (Å²) in [5.74, 6) is -2.26. The number of carbonyl (C=O) groups is 3. The van der Waals surface area contributed by atoms with Crippen LogP contribution in [0.25, 0.3) is 0 Å². The van der Waals surface area contributed by atoms with E-state index >= 15 is 0 Å². The van der Waals surface area contributed by atoms with Gasteiger partial charge in [0.2, 0.25) is 18.6 Å². The van der Waals surface area contributed by atoms with E-state index in [2.05, 4.69) is 5.32 Å². The SMILES string of the molecule is CCOC(=O)[C@]1(c2ccccc2)N[C@H](c2ccccc2C)[C@H]2C(=O)N(c3ccc4c(c3)OCO4)C(=O)[C@H]21. The average molecular weight is 499 g/mol. The number of imide groups is 1. The highest BCUT2D eigenvalue weighted by molar-refractivity contribution is 6.24. The van der Waals surface area contributed by atoms with Gasteiger partial charge < -0.3 is 14.2 Å². The summed E-state index contributed by atoms with van der Waals surface area (Å²) in [6.07, 6.45) is 0. The number of esters is 1. The van der Waals surface area contributed by atoms with Crippen molar-refractivity contribution >= 4 is 23.5 Å². The summed E-state index contributed by atoms with van der Waals surface area (Å²) in [5.41, 5.74) is 1.21. The minimum Gasteiger partial charge on any atom is -0.464 e. The zero-order chi connectivity index (χ0) is 25.7. The summed E-state index contributed by atoms with van der Waals surface area (Å²) in [7, 11) is 0. The lowest BCUT2D eigenvalue weighted by Gasteiger charge is -2.33. The Morgan fingerprint density at radius 2 is 1.73 bits per heavy atom. The standard InChI is InChI=1S/C29H26N2O6/c1-3-35-28(34)29(18-10-5-4-6-11-18)24-23(25(30-29)20-12-8-7-9-17(20)2)26(32)31(27(24)33)19-13-14-21-22(15-19)37-16-36-21/h4-15,23-25,30H,3,16H2,1-2H3/t23-,24-,25+,29+/m0/s1. The number of hydrogen-bond donors (Lipinski definition) is 1. The van der Waals surface area contributed by atoms with E-state index in [1.165, 1.54) is 4.90 Å². The van der Waals surface area contributed by atoms with Crippen LogP contribution in [0.5, 0.6) is 11.5 Å². The Labute approximate surface area is 214 Å². The zero-order valence-electron chi connectivity index (χ0n) is 20.5. The molecule has 2 fully saturated rings. The third-order valence-corrected chi connectivity index (χ3v) is 7.52. The molecule has 6 rings (SSSR count). The van der Waals surface area contributed by atoms with Crippen LogP contribution in [0.2, 0.25) is 0 Å². The normalized spacial score (nSPS) is 25.9. The minimum absolute atomic E-state index is 0.0746. The molecule has 1 N–H and O–H groups in total. The molecule has 4 atom stereocenters. The summed E-state index contributed by atoms with van der Waals surface area (Å²) in [5, 5.41) is 3.45. The van der Waals surface area contributed by atoms with Crippen molar-refractivity contribution in [2.75, 3.05) is 18.3 Å². The molecule has 0 aromatic heterocycles. The predicted molar refractivity (Wildman–Crippen MR) is 134 cm³/mol. The molecule has 188 valence electrons. The number of hydrogen-bond acceptors (Lipinski definition) is 7. The molecule has 3 aromatic rings. The monoisotopic (exact) mass is 498 g/mol. The van der Waals surface area contributed by atoms with E-state index in [4.69, 9.17) is 14.2 Å². The van der Waals surface area contributed by atoms with E-state index in [-0.39, 0.29) is 19.3 Å². The first-order valence-corrected chi connectivity index (χ1v) is 12.3. The Morgan fingerprint density at radius 1 is 1.00 bits per heavy atom. The Hall–Kier alpha value is -4.17. The molecule has 0 saturated carbocycles. The second-order valence-corrected chi connectivity index (χ2v) is 9.43. The maximum absolute atomic E-state index is 14.2. The summed E-state index contributed by atoms with van der Waals surface area (Å²) in [4.78, 5) is 43.4. The molecule has 3 aliphatic rings. The summed E-state index contributed by atoms with van der Waals surface area (Å²) >= 11 is 0. The number of amides is 2. The largest absolute Gasteiger partial charge is 0.464 e. The Bertz CT molecular complexity index is 1410. The van der Waals surface area contributed by atoms with Crippen LogP contribution in [0.3, 0.4) is 0 Å². The Morgan fingerprint density at radius 3 is 2.49 bits per heavy atom. The molecule has 0 unspecified atom stereocenters. The first-order chi connectivity index (χ1) is 18.0. The van der Waals surface area contributed by atoms with E-state index in [9.17, 15) is 14.4 Å². The molecule has 8 nitrogen and oxygen atoms in total. The van der Waals surface area contributed by atoms with Crippen molar-refractivity contribution in [1.29, 1.82) is 0 Å². The van der Waals surface area contributed by atoms with Gasteiger partial charge in [0.1, 0.15) is 0 Å². The van der Waals surface area contributed by atoms with E-state index in [0.29, 0.717) is 22.7 Å². The number of aryl methyl sites for hydroxylation is 1. The molecular weight excluding hydrogens is 472 g/mol. The fourth-order valence-corrected chi connectivity index (χ4v) is 5.91. The van der Waals surface area contributed by atoms with Crippen molar-refractivity contribution < 1.29 is 28.6 Å². The third kappa shape index (κ3) is 3.36. The number of rotatable bonds is 5. The van der Waals surface area contributed by atoms with Gasteiger partial charge in [-0.05, 0) is 42.7 Å². The predicted octanol–water partition coefficient (Wildman–Crippen LogP) is 3.63. The van der Waals surface area contributed by atoms with Crippen LogP contribution in [-0.4, -0.2) is 31.2 Å². The van der Waals surface area contributed by atoms with Gasteiger partial charge in [0.05, 0.1) is 24.1 Å². The van der Waals surface area contributed by atoms with Crippen molar-refractivity contribution in [3.8, 4) is 11.5 Å². The van der Waals surface area contributed by atoms with Gasteiger partial charge in [0.25, 0.3) is 0 Å². The molecule has 0 bridgehead atoms. The van der Waals surface area contributed by atoms with Crippen molar-refractivity contribution in [2.24, 2.45) is 11.8 Å². The molecule has 3 aromatic carbocycles. The van der Waals surface area contributed by atoms with Gasteiger partial charge in [-0.3, -0.25) is 14.9 Å². The Kier molecular flexibility index (Phi) is 5.49. The fraction of sp³-hybridized carbons (Fsp3) is 0.276. The number of carbonyl (C=O) groups excluding carboxylic acids is 3. The highest BCUT2D eigenvalue weighted by atomic mass is 16.7. The number of benzene rings is 3. The lowest BCUT2D eigenvalue weighted by atomic mass is 9.75. The van der Waals surface area contributed by atoms with Crippen LogP contribution < -0.4 is 19.7 Å². The van der Waals surface area contributed by atoms with E-state index in [0.717, 1.165) is 11.1 Å². The van der Waals surface area contributed by atoms with Gasteiger partial charge in [0.15, 0.2) is 17.0 Å². The van der Waals surface area contributed by atoms with Crippen LogP contribution >= 0.6 is 0 Å². The van der Waals surface area contributed by atoms with Crippen molar-refractivity contribution in [3.63, 3.8) is 0 Å². The molecule has 2 amide bonds. The third-order valence-electron chi connectivity index (χ3n) is 7.52. The molecule has 37 heavy (non-hydrogen) atoms. The van der Waals surface area contributed by atoms with Crippen LogP contribution in [-0.2, 0) is 24.7 Å². The number of nitrogens with one attached hydrogen (secondary N) is 1. The topological polar surface area (TPSA) is 94.2 Å². The van der Waals surface area contributed by atoms with Gasteiger partial charge in [-0.25, -0.2) is 9.69 Å². The lowest BCUT2D eigenvalue weighted by Crippen LogP contribution is -2.54. The molecule has 3 aliphatic heterocycles. The van der Waals surface area contributed by atoms with Gasteiger partial charge in [-0.2, -0.15) is 0 Å². The molecular formula is C29H26N2O6. The summed E-state index contributed by atoms with van der Waals surface area (Å²) in [6.45, 7) is 3.89. The van der Waals surface area contributed by atoms with Crippen LogP contribution in [0.1, 0.15) is 29.7 Å². The second-order valence-electron chi connectivity index (χ2n) is 9.43. The first kappa shape index (κ1) is 23.2. The number of anilines is 1. The maximum Gasteiger partial charge on any atom is 0.331 e. The number of fused-ring (bicyclic) bond motifs is 2. The average Bonchev–Trinajstić information content (AvgIpc) is 3.59. The van der Waals surface area contributed by atoms with Crippen molar-refractivity contribution in [3.05, 3.63) is 89.5 Å². The fourth-order valence-electron chi connectivity index (χ4n) is 5.91. The van der Waals surface area contributed by atoms with Crippen molar-refractivity contribution in [2.45, 2.75) is 25.4 Å². The molecule has 0 spiro atoms. The van der Waals surface area contributed by atoms with Crippen LogP contribution in [0, 0.1) is 18.8 Å². The summed E-state index contributed by atoms with van der Waals surface area (Å²) in [6, 6.07) is 21.1. The van der Waals surface area contributed by atoms with E-state index in [1.54, 1.807) is 37.3 Å². The highest BCUT2D eigenvalue weighted by Gasteiger charge is 2.70. The lowest BCUT2D eigenvalue weighted by molar-refractivity contribution is -0.155. The first-order valence-electron chi connectivity index (χ1n) is 12.3. The molecule has 0 radical (unpaired) electrons. The van der Waals surface area contributed by atoms with E-state index in [1.807, 2.05) is 49.4 Å². The van der Waals surface area contributed by atoms with Crippen LogP contribution in [0.4, 0.5) is 5.69 Å². The molecule has 2 saturated heterocycles. The van der Waals surface area contributed by atoms with Crippen molar-refractivity contribution in [1.82, 2.24) is 5.32 Å². The Balaban J connectivity index is 1.55.